The van der Waals surface area contributed by atoms with E-state index in [1.807, 2.05) is 13.1 Å². The van der Waals surface area contributed by atoms with Crippen LogP contribution in [0.5, 0.6) is 0 Å². The zero-order valence-corrected chi connectivity index (χ0v) is 14.5. The SMILES string of the molecule is CNC(C)Cc1noc(-c2cc(Br)sc2Br)n1.Cl. The first-order chi connectivity index (χ1) is 8.10. The molecule has 0 spiro atoms. The van der Waals surface area contributed by atoms with Gasteiger partial charge in [0.25, 0.3) is 5.89 Å². The van der Waals surface area contributed by atoms with Crippen molar-refractivity contribution in [1.29, 1.82) is 0 Å². The molecule has 0 aliphatic rings. The van der Waals surface area contributed by atoms with E-state index in [0.717, 1.165) is 25.4 Å². The van der Waals surface area contributed by atoms with Crippen LogP contribution in [-0.4, -0.2) is 23.2 Å². The Kier molecular flexibility index (Phi) is 6.26. The molecule has 2 heterocycles. The van der Waals surface area contributed by atoms with Gasteiger partial charge in [-0.25, -0.2) is 0 Å². The van der Waals surface area contributed by atoms with E-state index in [1.54, 1.807) is 11.3 Å². The maximum absolute atomic E-state index is 5.26. The molecule has 0 aliphatic carbocycles. The Morgan fingerprint density at radius 3 is 2.78 bits per heavy atom. The summed E-state index contributed by atoms with van der Waals surface area (Å²) in [5.74, 6) is 1.27. The van der Waals surface area contributed by atoms with Crippen LogP contribution in [0, 0.1) is 0 Å². The number of halogens is 3. The van der Waals surface area contributed by atoms with Crippen molar-refractivity contribution in [2.45, 2.75) is 19.4 Å². The molecule has 2 aromatic rings. The van der Waals surface area contributed by atoms with Crippen LogP contribution in [-0.2, 0) is 6.42 Å². The number of nitrogens with one attached hydrogen (secondary N) is 1. The topological polar surface area (TPSA) is 51.0 Å². The molecule has 0 aliphatic heterocycles. The van der Waals surface area contributed by atoms with E-state index in [0.29, 0.717) is 11.9 Å². The molecule has 0 saturated carbocycles. The van der Waals surface area contributed by atoms with Gasteiger partial charge >= 0.3 is 0 Å². The summed E-state index contributed by atoms with van der Waals surface area (Å²) in [7, 11) is 1.91. The van der Waals surface area contributed by atoms with Crippen molar-refractivity contribution >= 4 is 55.6 Å². The molecule has 4 nitrogen and oxygen atoms in total. The van der Waals surface area contributed by atoms with Crippen molar-refractivity contribution in [3.8, 4) is 11.5 Å². The third-order valence-corrected chi connectivity index (χ3v) is 4.68. The number of aromatic nitrogens is 2. The minimum atomic E-state index is 0. The van der Waals surface area contributed by atoms with Crippen molar-refractivity contribution < 1.29 is 4.52 Å². The molecule has 18 heavy (non-hydrogen) atoms. The maximum Gasteiger partial charge on any atom is 0.259 e. The van der Waals surface area contributed by atoms with Crippen molar-refractivity contribution in [2.24, 2.45) is 0 Å². The van der Waals surface area contributed by atoms with Crippen molar-refractivity contribution in [2.75, 3.05) is 7.05 Å². The number of thiophene rings is 1. The second-order valence-corrected chi connectivity index (χ2v) is 7.40. The minimum Gasteiger partial charge on any atom is -0.334 e. The molecular weight excluding hydrogens is 405 g/mol. The van der Waals surface area contributed by atoms with Gasteiger partial charge in [0, 0.05) is 12.5 Å². The smallest absolute Gasteiger partial charge is 0.259 e. The monoisotopic (exact) mass is 415 g/mol. The van der Waals surface area contributed by atoms with E-state index in [-0.39, 0.29) is 12.4 Å². The quantitative estimate of drug-likeness (QED) is 0.820. The third kappa shape index (κ3) is 3.77. The van der Waals surface area contributed by atoms with Gasteiger partial charge < -0.3 is 9.84 Å². The number of nitrogens with zero attached hydrogens (tertiary/aromatic N) is 2. The maximum atomic E-state index is 5.26. The van der Waals surface area contributed by atoms with Gasteiger partial charge in [-0.2, -0.15) is 4.98 Å². The zero-order valence-electron chi connectivity index (χ0n) is 9.74. The van der Waals surface area contributed by atoms with E-state index in [4.69, 9.17) is 4.52 Å². The minimum absolute atomic E-state index is 0. The first-order valence-electron chi connectivity index (χ1n) is 5.05. The van der Waals surface area contributed by atoms with Crippen molar-refractivity contribution in [3.63, 3.8) is 0 Å². The first kappa shape index (κ1) is 16.1. The molecule has 1 atom stereocenters. The second-order valence-electron chi connectivity index (χ2n) is 3.65. The largest absolute Gasteiger partial charge is 0.334 e. The molecule has 0 saturated heterocycles. The van der Waals surface area contributed by atoms with E-state index in [2.05, 4.69) is 54.2 Å². The molecule has 0 aromatic carbocycles. The van der Waals surface area contributed by atoms with E-state index in [9.17, 15) is 0 Å². The fourth-order valence-electron chi connectivity index (χ4n) is 1.31. The van der Waals surface area contributed by atoms with Crippen LogP contribution >= 0.6 is 55.6 Å². The van der Waals surface area contributed by atoms with Crippen LogP contribution in [0.1, 0.15) is 12.7 Å². The summed E-state index contributed by atoms with van der Waals surface area (Å²) in [4.78, 5) is 4.38. The average Bonchev–Trinajstić information content (AvgIpc) is 2.85. The van der Waals surface area contributed by atoms with Crippen LogP contribution in [0.25, 0.3) is 11.5 Å². The predicted octanol–water partition coefficient (Wildman–Crippen LogP) is 3.90. The van der Waals surface area contributed by atoms with E-state index in [1.165, 1.54) is 0 Å². The van der Waals surface area contributed by atoms with Gasteiger partial charge in [-0.3, -0.25) is 0 Å². The number of likely N-dealkylation sites (N-methyl/N-ethyl adjacent to an activating group) is 1. The Labute approximate surface area is 132 Å². The van der Waals surface area contributed by atoms with Gasteiger partial charge in [-0.1, -0.05) is 5.16 Å². The zero-order chi connectivity index (χ0) is 12.4. The lowest BCUT2D eigenvalue weighted by atomic mass is 10.2. The van der Waals surface area contributed by atoms with Crippen LogP contribution < -0.4 is 5.32 Å². The molecule has 100 valence electrons. The summed E-state index contributed by atoms with van der Waals surface area (Å²) in [5.41, 5.74) is 0.928. The number of hydrogen-bond donors (Lipinski definition) is 1. The standard InChI is InChI=1S/C10H11Br2N3OS.ClH/c1-5(13-2)3-8-14-10(16-15-8)6-4-7(11)17-9(6)12;/h4-5,13H,3H2,1-2H3;1H. The summed E-state index contributed by atoms with van der Waals surface area (Å²) >= 11 is 8.49. The lowest BCUT2D eigenvalue weighted by molar-refractivity contribution is 0.418. The van der Waals surface area contributed by atoms with Gasteiger partial charge in [0.05, 0.1) is 13.1 Å². The predicted molar refractivity (Wildman–Crippen MR) is 82.5 cm³/mol. The van der Waals surface area contributed by atoms with Gasteiger partial charge in [0.15, 0.2) is 5.82 Å². The Morgan fingerprint density at radius 1 is 1.50 bits per heavy atom. The highest BCUT2D eigenvalue weighted by Crippen LogP contribution is 2.37. The lowest BCUT2D eigenvalue weighted by Gasteiger charge is -2.04. The Morgan fingerprint density at radius 2 is 2.22 bits per heavy atom. The molecule has 0 radical (unpaired) electrons. The summed E-state index contributed by atoms with van der Waals surface area (Å²) < 4.78 is 7.27. The second kappa shape index (κ2) is 7.00. The fraction of sp³-hybridized carbons (Fsp3) is 0.400. The molecule has 0 fully saturated rings. The van der Waals surface area contributed by atoms with Crippen molar-refractivity contribution in [3.05, 3.63) is 19.5 Å². The molecular formula is C10H12Br2ClN3OS. The highest BCUT2D eigenvalue weighted by molar-refractivity contribution is 9.12. The average molecular weight is 418 g/mol. The highest BCUT2D eigenvalue weighted by atomic mass is 79.9. The molecule has 1 unspecified atom stereocenters. The van der Waals surface area contributed by atoms with Gasteiger partial charge in [0.2, 0.25) is 0 Å². The fourth-order valence-corrected chi connectivity index (χ4v) is 4.09. The van der Waals surface area contributed by atoms with Gasteiger partial charge in [0.1, 0.15) is 0 Å². The van der Waals surface area contributed by atoms with E-state index < -0.39 is 0 Å². The molecule has 8 heteroatoms. The van der Waals surface area contributed by atoms with Crippen LogP contribution in [0.3, 0.4) is 0 Å². The normalized spacial score (nSPS) is 12.2. The molecule has 0 amide bonds. The van der Waals surface area contributed by atoms with Crippen LogP contribution in [0.4, 0.5) is 0 Å². The Bertz CT molecular complexity index is 517. The summed E-state index contributed by atoms with van der Waals surface area (Å²) in [6.07, 6.45) is 0.753. The summed E-state index contributed by atoms with van der Waals surface area (Å²) in [5, 5.41) is 7.11. The van der Waals surface area contributed by atoms with Crippen LogP contribution in [0.2, 0.25) is 0 Å². The third-order valence-electron chi connectivity index (χ3n) is 2.34. The molecule has 1 N–H and O–H groups in total. The first-order valence-corrected chi connectivity index (χ1v) is 7.45. The van der Waals surface area contributed by atoms with E-state index >= 15 is 0 Å². The Hall–Kier alpha value is 0.0500. The number of hydrogen-bond acceptors (Lipinski definition) is 5. The number of rotatable bonds is 4. The summed E-state index contributed by atoms with van der Waals surface area (Å²) in [6.45, 7) is 2.08. The molecule has 2 aromatic heterocycles. The molecule has 0 bridgehead atoms. The highest BCUT2D eigenvalue weighted by Gasteiger charge is 2.15. The Balaban J connectivity index is 0.00000162. The lowest BCUT2D eigenvalue weighted by Crippen LogP contribution is -2.24. The van der Waals surface area contributed by atoms with Gasteiger partial charge in [-0.05, 0) is 51.9 Å². The van der Waals surface area contributed by atoms with Crippen LogP contribution in [0.15, 0.2) is 18.2 Å². The summed E-state index contributed by atoms with van der Waals surface area (Å²) in [6, 6.07) is 2.30. The van der Waals surface area contributed by atoms with Crippen molar-refractivity contribution in [1.82, 2.24) is 15.5 Å². The van der Waals surface area contributed by atoms with Gasteiger partial charge in [-0.15, -0.1) is 23.7 Å². The molecule has 2 rings (SSSR count).